The molecule has 0 amide bonds. The van der Waals surface area contributed by atoms with Crippen molar-refractivity contribution in [3.05, 3.63) is 47.5 Å². The molecule has 94 valence electrons. The summed E-state index contributed by atoms with van der Waals surface area (Å²) in [5, 5.41) is 9.83. The molecule has 0 bridgehead atoms. The van der Waals surface area contributed by atoms with Crippen molar-refractivity contribution in [3.8, 4) is 5.75 Å². The van der Waals surface area contributed by atoms with Crippen molar-refractivity contribution in [2.24, 2.45) is 4.99 Å². The summed E-state index contributed by atoms with van der Waals surface area (Å²) in [6.07, 6.45) is 1.64. The average Bonchev–Trinajstić information content (AvgIpc) is 2.86. The molecule has 3 aromatic rings. The van der Waals surface area contributed by atoms with Crippen LogP contribution in [0.4, 0.5) is 5.69 Å². The van der Waals surface area contributed by atoms with Gasteiger partial charge in [-0.1, -0.05) is 12.1 Å². The molecule has 1 aromatic heterocycles. The maximum absolute atomic E-state index is 9.83. The molecule has 0 aliphatic carbocycles. The van der Waals surface area contributed by atoms with Crippen molar-refractivity contribution < 1.29 is 5.11 Å². The molecule has 2 aromatic carbocycles. The van der Waals surface area contributed by atoms with E-state index in [9.17, 15) is 5.11 Å². The number of aliphatic imine (C=N–C) groups is 1. The molecule has 3 rings (SSSR count). The quantitative estimate of drug-likeness (QED) is 0.725. The number of fused-ring (bicyclic) bond motifs is 1. The number of hydrogen-bond donors (Lipinski definition) is 1. The van der Waals surface area contributed by atoms with Crippen LogP contribution in [0.25, 0.3) is 11.0 Å². The molecule has 0 radical (unpaired) electrons. The van der Waals surface area contributed by atoms with E-state index in [0.717, 1.165) is 22.3 Å². The van der Waals surface area contributed by atoms with Gasteiger partial charge >= 0.3 is 0 Å². The minimum absolute atomic E-state index is 0.229. The summed E-state index contributed by atoms with van der Waals surface area (Å²) in [5.41, 5.74) is 4.08. The predicted octanol–water partition coefficient (Wildman–Crippen LogP) is 3.46. The minimum Gasteiger partial charge on any atom is -0.507 e. The van der Waals surface area contributed by atoms with E-state index in [0.29, 0.717) is 5.56 Å². The highest BCUT2D eigenvalue weighted by atomic mass is 32.1. The topological polar surface area (TPSA) is 58.4 Å². The van der Waals surface area contributed by atoms with E-state index in [1.165, 1.54) is 11.7 Å². The summed E-state index contributed by atoms with van der Waals surface area (Å²) in [4.78, 5) is 4.39. The Morgan fingerprint density at radius 1 is 1.21 bits per heavy atom. The van der Waals surface area contributed by atoms with Crippen molar-refractivity contribution in [2.45, 2.75) is 6.92 Å². The second kappa shape index (κ2) is 4.78. The Bertz CT molecular complexity index is 764. The highest BCUT2D eigenvalue weighted by Crippen LogP contribution is 2.24. The fraction of sp³-hybridized carbons (Fsp3) is 0.0714. The highest BCUT2D eigenvalue weighted by molar-refractivity contribution is 7.00. The van der Waals surface area contributed by atoms with Gasteiger partial charge in [-0.2, -0.15) is 8.75 Å². The third-order valence-corrected chi connectivity index (χ3v) is 3.34. The summed E-state index contributed by atoms with van der Waals surface area (Å²) >= 11 is 1.17. The molecule has 0 aliphatic heterocycles. The molecular formula is C14H11N3OS. The molecule has 0 atom stereocenters. The first-order chi connectivity index (χ1) is 9.24. The Labute approximate surface area is 114 Å². The molecular weight excluding hydrogens is 258 g/mol. The number of nitrogens with zero attached hydrogens (tertiary/aromatic N) is 3. The number of aryl methyl sites for hydroxylation is 1. The Balaban J connectivity index is 2.00. The van der Waals surface area contributed by atoms with Gasteiger partial charge in [0.2, 0.25) is 0 Å². The van der Waals surface area contributed by atoms with Crippen LogP contribution in [0.2, 0.25) is 0 Å². The first-order valence-corrected chi connectivity index (χ1v) is 6.52. The summed E-state index contributed by atoms with van der Waals surface area (Å²) < 4.78 is 8.39. The van der Waals surface area contributed by atoms with Gasteiger partial charge < -0.3 is 5.11 Å². The molecule has 0 fully saturated rings. The molecule has 0 aliphatic rings. The number of hydrogen-bond acceptors (Lipinski definition) is 5. The van der Waals surface area contributed by atoms with Gasteiger partial charge in [-0.25, -0.2) is 0 Å². The van der Waals surface area contributed by atoms with Gasteiger partial charge in [-0.05, 0) is 36.8 Å². The van der Waals surface area contributed by atoms with Crippen LogP contribution >= 0.6 is 11.7 Å². The normalized spacial score (nSPS) is 11.4. The first kappa shape index (κ1) is 11.8. The molecule has 4 nitrogen and oxygen atoms in total. The summed E-state index contributed by atoms with van der Waals surface area (Å²) in [7, 11) is 0. The average molecular weight is 269 g/mol. The number of rotatable bonds is 2. The summed E-state index contributed by atoms with van der Waals surface area (Å²) in [6, 6.07) is 11.2. The lowest BCUT2D eigenvalue weighted by Crippen LogP contribution is -1.83. The predicted molar refractivity (Wildman–Crippen MR) is 77.5 cm³/mol. The minimum atomic E-state index is 0.229. The zero-order chi connectivity index (χ0) is 13.2. The maximum atomic E-state index is 9.83. The number of aromatic hydroxyl groups is 1. The van der Waals surface area contributed by atoms with Crippen molar-refractivity contribution in [3.63, 3.8) is 0 Å². The van der Waals surface area contributed by atoms with Crippen LogP contribution in [0.1, 0.15) is 11.1 Å². The molecule has 1 heterocycles. The molecule has 0 saturated heterocycles. The Hall–Kier alpha value is -2.27. The Morgan fingerprint density at radius 2 is 2.11 bits per heavy atom. The van der Waals surface area contributed by atoms with Gasteiger partial charge in [0.05, 0.1) is 17.4 Å². The van der Waals surface area contributed by atoms with E-state index in [4.69, 9.17) is 0 Å². The van der Waals surface area contributed by atoms with E-state index in [-0.39, 0.29) is 5.75 Å². The Kier molecular flexibility index (Phi) is 2.97. The van der Waals surface area contributed by atoms with Gasteiger partial charge in [-0.15, -0.1) is 0 Å². The smallest absolute Gasteiger partial charge is 0.130 e. The van der Waals surface area contributed by atoms with Crippen LogP contribution in [0, 0.1) is 6.92 Å². The monoisotopic (exact) mass is 269 g/mol. The molecule has 19 heavy (non-hydrogen) atoms. The van der Waals surface area contributed by atoms with E-state index in [1.807, 2.05) is 37.3 Å². The first-order valence-electron chi connectivity index (χ1n) is 5.79. The lowest BCUT2D eigenvalue weighted by Gasteiger charge is -2.00. The van der Waals surface area contributed by atoms with E-state index in [2.05, 4.69) is 13.7 Å². The summed E-state index contributed by atoms with van der Waals surface area (Å²) in [6.45, 7) is 1.93. The standard InChI is InChI=1S/C14H11N3OS/c1-9-5-6-10(13(18)7-9)8-15-11-3-2-4-12-14(11)17-19-16-12/h2-8,18H,1H3. The lowest BCUT2D eigenvalue weighted by atomic mass is 10.1. The van der Waals surface area contributed by atoms with Crippen molar-refractivity contribution >= 4 is 34.7 Å². The van der Waals surface area contributed by atoms with Crippen LogP contribution in [0.15, 0.2) is 41.4 Å². The number of benzene rings is 2. The van der Waals surface area contributed by atoms with Gasteiger partial charge in [0.1, 0.15) is 16.8 Å². The third kappa shape index (κ3) is 2.32. The zero-order valence-electron chi connectivity index (χ0n) is 10.2. The molecule has 1 N–H and O–H groups in total. The van der Waals surface area contributed by atoms with Gasteiger partial charge in [0.25, 0.3) is 0 Å². The van der Waals surface area contributed by atoms with Gasteiger partial charge in [-0.3, -0.25) is 4.99 Å². The van der Waals surface area contributed by atoms with Gasteiger partial charge in [0.15, 0.2) is 0 Å². The van der Waals surface area contributed by atoms with Gasteiger partial charge in [0, 0.05) is 11.8 Å². The van der Waals surface area contributed by atoms with Crippen molar-refractivity contribution in [2.75, 3.05) is 0 Å². The SMILES string of the molecule is Cc1ccc(C=Nc2cccc3nsnc23)c(O)c1. The number of aromatic nitrogens is 2. The van der Waals surface area contributed by atoms with E-state index >= 15 is 0 Å². The molecule has 5 heteroatoms. The van der Waals surface area contributed by atoms with E-state index in [1.54, 1.807) is 12.3 Å². The van der Waals surface area contributed by atoms with Crippen LogP contribution in [0.3, 0.4) is 0 Å². The second-order valence-electron chi connectivity index (χ2n) is 4.23. The number of phenols is 1. The van der Waals surface area contributed by atoms with Crippen molar-refractivity contribution in [1.29, 1.82) is 0 Å². The third-order valence-electron chi connectivity index (χ3n) is 2.79. The fourth-order valence-electron chi connectivity index (χ4n) is 1.80. The lowest BCUT2D eigenvalue weighted by molar-refractivity contribution is 0.474. The Morgan fingerprint density at radius 3 is 2.95 bits per heavy atom. The number of phenolic OH excluding ortho intramolecular Hbond substituents is 1. The maximum Gasteiger partial charge on any atom is 0.130 e. The highest BCUT2D eigenvalue weighted by Gasteiger charge is 2.03. The molecule has 0 saturated carbocycles. The van der Waals surface area contributed by atoms with Crippen LogP contribution in [-0.2, 0) is 0 Å². The van der Waals surface area contributed by atoms with E-state index < -0.39 is 0 Å². The second-order valence-corrected chi connectivity index (χ2v) is 4.76. The fourth-order valence-corrected chi connectivity index (χ4v) is 2.34. The molecule has 0 spiro atoms. The zero-order valence-corrected chi connectivity index (χ0v) is 11.1. The van der Waals surface area contributed by atoms with Crippen molar-refractivity contribution in [1.82, 2.24) is 8.75 Å². The van der Waals surface area contributed by atoms with Crippen LogP contribution < -0.4 is 0 Å². The summed E-state index contributed by atoms with van der Waals surface area (Å²) in [5.74, 6) is 0.229. The van der Waals surface area contributed by atoms with Crippen LogP contribution in [0.5, 0.6) is 5.75 Å². The van der Waals surface area contributed by atoms with Crippen LogP contribution in [-0.4, -0.2) is 20.1 Å². The molecule has 0 unspecified atom stereocenters. The largest absolute Gasteiger partial charge is 0.507 e.